The van der Waals surface area contributed by atoms with E-state index in [1.807, 2.05) is 0 Å². The van der Waals surface area contributed by atoms with E-state index in [1.54, 1.807) is 83.5 Å². The number of esters is 3. The second kappa shape index (κ2) is 23.0. The highest BCUT2D eigenvalue weighted by Gasteiger charge is 2.47. The number of nitrogens with zero attached hydrogens (tertiary/aromatic N) is 10. The van der Waals surface area contributed by atoms with Crippen LogP contribution in [-0.4, -0.2) is 99.4 Å². The van der Waals surface area contributed by atoms with Crippen molar-refractivity contribution in [2.45, 2.75) is 32.5 Å². The van der Waals surface area contributed by atoms with Crippen LogP contribution in [-0.2, 0) is 46.5 Å². The van der Waals surface area contributed by atoms with Crippen LogP contribution in [0.3, 0.4) is 0 Å². The van der Waals surface area contributed by atoms with Crippen LogP contribution < -0.4 is 10.6 Å². The van der Waals surface area contributed by atoms with Crippen molar-refractivity contribution >= 4 is 41.4 Å². The first kappa shape index (κ1) is 51.2. The molecule has 0 saturated heterocycles. The molecule has 0 aliphatic heterocycles. The molecule has 6 heterocycles. The number of hydrogen-bond acceptors (Lipinski definition) is 18. The van der Waals surface area contributed by atoms with Crippen molar-refractivity contribution in [3.8, 4) is 45.8 Å². The largest absolute Gasteiger partial charge is 0.468 e. The van der Waals surface area contributed by atoms with E-state index >= 15 is 0 Å². The van der Waals surface area contributed by atoms with Crippen LogP contribution in [0.4, 0.5) is 20.4 Å². The molecule has 9 aromatic rings. The number of ether oxygens (including phenoxy) is 3. The Balaban J connectivity index is 0.000000205. The average molecular weight is 1020 g/mol. The second-order valence-electron chi connectivity index (χ2n) is 16.1. The van der Waals surface area contributed by atoms with Crippen LogP contribution >= 0.6 is 0 Å². The molecule has 380 valence electrons. The highest BCUT2D eigenvalue weighted by atomic mass is 19.1. The Bertz CT molecular complexity index is 3480. The molecule has 0 aliphatic carbocycles. The Morgan fingerprint density at radius 2 is 1.13 bits per heavy atom. The summed E-state index contributed by atoms with van der Waals surface area (Å²) in [5.41, 5.74) is 1.32. The van der Waals surface area contributed by atoms with Crippen molar-refractivity contribution < 1.29 is 56.0 Å². The van der Waals surface area contributed by atoms with Gasteiger partial charge >= 0.3 is 17.9 Å². The number of methoxy groups -OCH3 is 2. The molecule has 75 heavy (non-hydrogen) atoms. The van der Waals surface area contributed by atoms with Gasteiger partial charge in [-0.25, -0.2) is 38.3 Å². The molecule has 6 aromatic heterocycles. The van der Waals surface area contributed by atoms with E-state index in [0.717, 1.165) is 14.0 Å². The van der Waals surface area contributed by atoms with Gasteiger partial charge in [0, 0.05) is 35.7 Å². The lowest BCUT2D eigenvalue weighted by Gasteiger charge is -2.25. The summed E-state index contributed by atoms with van der Waals surface area (Å²) < 4.78 is 56.3. The first-order valence-corrected chi connectivity index (χ1v) is 22.4. The fraction of sp³-hybridized carbons (Fsp3) is 0.157. The van der Waals surface area contributed by atoms with Gasteiger partial charge in [0.05, 0.1) is 44.3 Å². The zero-order chi connectivity index (χ0) is 53.1. The van der Waals surface area contributed by atoms with E-state index in [9.17, 15) is 32.8 Å². The molecule has 0 saturated carbocycles. The predicted molar refractivity (Wildman–Crippen MR) is 259 cm³/mol. The Hall–Kier alpha value is -10.1. The number of benzene rings is 3. The molecule has 2 amide bonds. The predicted octanol–water partition coefficient (Wildman–Crippen LogP) is 6.84. The average Bonchev–Trinajstić information content (AvgIpc) is 4.29. The summed E-state index contributed by atoms with van der Waals surface area (Å²) >= 11 is 0. The molecular weight excluding hydrogens is 979 g/mol. The minimum absolute atomic E-state index is 0.0115. The number of anilines is 2. The third kappa shape index (κ3) is 12.0. The van der Waals surface area contributed by atoms with E-state index in [0.29, 0.717) is 39.6 Å². The van der Waals surface area contributed by atoms with Crippen molar-refractivity contribution in [3.05, 3.63) is 169 Å². The molecule has 0 radical (unpaired) electrons. The van der Waals surface area contributed by atoms with E-state index in [1.165, 1.54) is 80.0 Å². The van der Waals surface area contributed by atoms with Crippen LogP contribution in [0.1, 0.15) is 35.3 Å². The molecule has 24 heteroatoms. The van der Waals surface area contributed by atoms with Gasteiger partial charge in [-0.05, 0) is 62.4 Å². The third-order valence-electron chi connectivity index (χ3n) is 11.0. The number of halogens is 2. The van der Waals surface area contributed by atoms with Crippen molar-refractivity contribution in [2.75, 3.05) is 24.9 Å². The molecule has 3 aromatic carbocycles. The van der Waals surface area contributed by atoms with Crippen LogP contribution in [0.25, 0.3) is 45.8 Å². The topological polar surface area (TPSA) is 276 Å². The van der Waals surface area contributed by atoms with Crippen molar-refractivity contribution in [1.29, 1.82) is 0 Å². The molecule has 2 unspecified atom stereocenters. The van der Waals surface area contributed by atoms with Gasteiger partial charge < -0.3 is 33.9 Å². The Morgan fingerprint density at radius 1 is 0.640 bits per heavy atom. The Labute approximate surface area is 423 Å². The summed E-state index contributed by atoms with van der Waals surface area (Å²) in [7, 11) is 2.27. The van der Waals surface area contributed by atoms with Crippen LogP contribution in [0, 0.1) is 17.6 Å². The summed E-state index contributed by atoms with van der Waals surface area (Å²) in [6.07, 6.45) is 5.64. The normalized spacial score (nSPS) is 12.0. The van der Waals surface area contributed by atoms with Crippen molar-refractivity contribution in [3.63, 3.8) is 0 Å². The summed E-state index contributed by atoms with van der Waals surface area (Å²) in [4.78, 5) is 79.6. The van der Waals surface area contributed by atoms with Gasteiger partial charge in [0.25, 0.3) is 11.5 Å². The van der Waals surface area contributed by atoms with Gasteiger partial charge in [-0.3, -0.25) is 23.7 Å². The molecule has 2 atom stereocenters. The van der Waals surface area contributed by atoms with Crippen LogP contribution in [0.15, 0.2) is 149 Å². The molecular formula is C51H42F2N12O10. The summed E-state index contributed by atoms with van der Waals surface area (Å²) in [6.45, 7) is 2.76. The van der Waals surface area contributed by atoms with E-state index in [2.05, 4.69) is 55.8 Å². The van der Waals surface area contributed by atoms with Gasteiger partial charge in [0.15, 0.2) is 11.6 Å². The zero-order valence-electron chi connectivity index (χ0n) is 40.1. The molecule has 22 nitrogen and oxygen atoms in total. The van der Waals surface area contributed by atoms with E-state index in [-0.39, 0.29) is 53.4 Å². The van der Waals surface area contributed by atoms with Gasteiger partial charge in [0.2, 0.25) is 5.91 Å². The van der Waals surface area contributed by atoms with Crippen molar-refractivity contribution in [2.24, 2.45) is 5.92 Å². The summed E-state index contributed by atoms with van der Waals surface area (Å²) in [5, 5.41) is 22.0. The van der Waals surface area contributed by atoms with Gasteiger partial charge in [-0.1, -0.05) is 64.9 Å². The van der Waals surface area contributed by atoms with E-state index in [4.69, 9.17) is 18.5 Å². The second-order valence-corrected chi connectivity index (χ2v) is 16.1. The summed E-state index contributed by atoms with van der Waals surface area (Å²) in [5.74, 6) is -5.50. The summed E-state index contributed by atoms with van der Waals surface area (Å²) in [6, 6.07) is 30.1. The van der Waals surface area contributed by atoms with Crippen LogP contribution in [0.2, 0.25) is 0 Å². The minimum Gasteiger partial charge on any atom is -0.468 e. The number of hydrogen-bond donors (Lipinski definition) is 2. The number of carbonyl (C=O) groups excluding carboxylic acids is 5. The molecule has 0 bridgehead atoms. The lowest BCUT2D eigenvalue weighted by Crippen LogP contribution is -2.51. The Kier molecular flexibility index (Phi) is 15.7. The molecule has 0 spiro atoms. The number of carbonyl (C=O) groups is 5. The van der Waals surface area contributed by atoms with E-state index < -0.39 is 47.1 Å². The lowest BCUT2D eigenvalue weighted by atomic mass is 10.1. The number of amides is 2. The number of rotatable bonds is 16. The monoisotopic (exact) mass is 1020 g/mol. The van der Waals surface area contributed by atoms with Crippen LogP contribution in [0.5, 0.6) is 0 Å². The smallest absolute Gasteiger partial charge is 0.360 e. The fourth-order valence-electron chi connectivity index (χ4n) is 7.02. The molecule has 0 aliphatic rings. The molecule has 0 fully saturated rings. The fourth-order valence-corrected chi connectivity index (χ4v) is 7.02. The maximum absolute atomic E-state index is 14.4. The lowest BCUT2D eigenvalue weighted by molar-refractivity contribution is -0.165. The van der Waals surface area contributed by atoms with Crippen molar-refractivity contribution in [1.82, 2.24) is 49.8 Å². The number of nitrogens with one attached hydrogen (secondary N) is 2. The quantitative estimate of drug-likeness (QED) is 0.0569. The third-order valence-corrected chi connectivity index (χ3v) is 11.0. The first-order valence-electron chi connectivity index (χ1n) is 22.4. The highest BCUT2D eigenvalue weighted by Crippen LogP contribution is 2.28. The number of aromatic nitrogens is 10. The maximum Gasteiger partial charge on any atom is 0.360 e. The zero-order valence-corrected chi connectivity index (χ0v) is 40.1. The molecule has 2 N–H and O–H groups in total. The highest BCUT2D eigenvalue weighted by molar-refractivity contribution is 6.13. The first-order chi connectivity index (χ1) is 36.2. The Morgan fingerprint density at radius 3 is 1.60 bits per heavy atom. The van der Waals surface area contributed by atoms with Gasteiger partial charge in [-0.2, -0.15) is 10.2 Å². The van der Waals surface area contributed by atoms with Gasteiger partial charge in [-0.15, -0.1) is 0 Å². The van der Waals surface area contributed by atoms with Gasteiger partial charge in [0.1, 0.15) is 64.5 Å². The minimum atomic E-state index is -2.34. The SMILES string of the molecule is COC(=O)C(C)(OC(=O)c1ccccc1)C(=O)Nc1ccnc(-c2cc(-c3ccon3)n(Cc3ccccc3F)n2)n1.COC(=O)C(C)C(=O)Nc1ccnc(-c2cc(-c3ccon3)n(Cc3ccccc3F)n2)n1. The standard InChI is InChI=1S/C29H23FN6O6.C22H19FN6O4/c1-29(28(39)40-2,42-26(37)18-8-4-3-5-9-18)27(38)33-24-12-14-31-25(32-24)22-16-23(21-13-15-41-35-21)36(34-22)17-19-10-6-7-11-20(19)30;1-13(22(31)32-2)21(30)26-19-7-9-24-20(25-19)17-11-18(16-8-10-33-28-16)29(27-17)12-14-5-3-4-6-15(14)23/h3-16H,17H2,1-2H3,(H,31,32,33,38);3-11,13H,12H2,1-2H3,(H,24,25,26,30). The maximum atomic E-state index is 14.4. The molecule has 9 rings (SSSR count).